The molecule has 0 radical (unpaired) electrons. The van der Waals surface area contributed by atoms with Crippen molar-refractivity contribution >= 4 is 6.29 Å². The molecule has 0 aromatic heterocycles. The number of hydrogen-bond acceptors (Lipinski definition) is 2. The van der Waals surface area contributed by atoms with Gasteiger partial charge in [0.05, 0.1) is 0 Å². The number of unbranched alkanes of at least 4 members (excludes halogenated alkanes) is 4. The Balaban J connectivity index is 5.04. The van der Waals surface area contributed by atoms with Gasteiger partial charge in [0.1, 0.15) is 6.29 Å². The van der Waals surface area contributed by atoms with E-state index in [-0.39, 0.29) is 0 Å². The molecule has 0 saturated heterocycles. The van der Waals surface area contributed by atoms with Crippen LogP contribution in [0.1, 0.15) is 118 Å². The molecule has 0 aromatic rings. The number of carbonyl (C=O) groups excluding carboxylic acids is 1. The summed E-state index contributed by atoms with van der Waals surface area (Å²) in [7, 11) is 0. The van der Waals surface area contributed by atoms with E-state index in [0.29, 0.717) is 18.4 Å². The Hall–Kier alpha value is -1.41. The average molecular weight is 458 g/mol. The van der Waals surface area contributed by atoms with E-state index in [1.165, 1.54) is 68.2 Å². The van der Waals surface area contributed by atoms with Gasteiger partial charge >= 0.3 is 0 Å². The van der Waals surface area contributed by atoms with Crippen molar-refractivity contribution in [3.05, 3.63) is 48.1 Å². The van der Waals surface area contributed by atoms with Crippen molar-refractivity contribution < 1.29 is 4.79 Å². The first-order valence-electron chi connectivity index (χ1n) is 13.7. The molecule has 0 saturated carbocycles. The Morgan fingerprint density at radius 1 is 0.970 bits per heavy atom. The molecule has 0 spiro atoms. The topological polar surface area (TPSA) is 20.3 Å². The van der Waals surface area contributed by atoms with Crippen LogP contribution >= 0.6 is 0 Å². The van der Waals surface area contributed by atoms with Crippen molar-refractivity contribution in [3.63, 3.8) is 0 Å². The summed E-state index contributed by atoms with van der Waals surface area (Å²) < 4.78 is 0. The van der Waals surface area contributed by atoms with Crippen LogP contribution in [0.4, 0.5) is 0 Å². The molecular weight excluding hydrogens is 402 g/mol. The molecule has 190 valence electrons. The molecule has 2 heteroatoms. The van der Waals surface area contributed by atoms with E-state index in [1.54, 1.807) is 0 Å². The van der Waals surface area contributed by atoms with Crippen molar-refractivity contribution in [2.75, 3.05) is 13.1 Å². The molecule has 1 unspecified atom stereocenters. The SMILES string of the molecule is C=C(C)C/C(=C/C(=C)CCC[C@@H](C(C)CC)N(CCCCC=O)CCCC/C=C\C)CCC. The zero-order valence-corrected chi connectivity index (χ0v) is 22.8. The second-order valence-electron chi connectivity index (χ2n) is 9.95. The van der Waals surface area contributed by atoms with Gasteiger partial charge in [0, 0.05) is 12.5 Å². The molecule has 2 atom stereocenters. The first kappa shape index (κ1) is 31.6. The highest BCUT2D eigenvalue weighted by Crippen LogP contribution is 2.24. The van der Waals surface area contributed by atoms with E-state index < -0.39 is 0 Å². The molecular formula is C31H55NO. The zero-order valence-electron chi connectivity index (χ0n) is 22.8. The van der Waals surface area contributed by atoms with Crippen LogP contribution in [0, 0.1) is 5.92 Å². The largest absolute Gasteiger partial charge is 0.303 e. The highest BCUT2D eigenvalue weighted by Gasteiger charge is 2.22. The molecule has 0 bridgehead atoms. The lowest BCUT2D eigenvalue weighted by molar-refractivity contribution is -0.107. The average Bonchev–Trinajstić information content (AvgIpc) is 2.77. The van der Waals surface area contributed by atoms with Crippen LogP contribution in [0.15, 0.2) is 48.1 Å². The predicted molar refractivity (Wildman–Crippen MR) is 149 cm³/mol. The molecule has 0 aromatic carbocycles. The lowest BCUT2D eigenvalue weighted by Crippen LogP contribution is -2.41. The van der Waals surface area contributed by atoms with E-state index in [2.05, 4.69) is 70.9 Å². The van der Waals surface area contributed by atoms with Crippen LogP contribution < -0.4 is 0 Å². The highest BCUT2D eigenvalue weighted by atomic mass is 16.1. The Bertz CT molecular complexity index is 586. The van der Waals surface area contributed by atoms with Gasteiger partial charge in [-0.3, -0.25) is 0 Å². The summed E-state index contributed by atoms with van der Waals surface area (Å²) in [5.74, 6) is 0.689. The minimum atomic E-state index is 0.621. The highest BCUT2D eigenvalue weighted by molar-refractivity contribution is 5.48. The van der Waals surface area contributed by atoms with Crippen LogP contribution in [0.25, 0.3) is 0 Å². The van der Waals surface area contributed by atoms with Crippen molar-refractivity contribution in [2.45, 2.75) is 124 Å². The van der Waals surface area contributed by atoms with Crippen molar-refractivity contribution in [1.82, 2.24) is 4.90 Å². The molecule has 0 rings (SSSR count). The van der Waals surface area contributed by atoms with E-state index in [0.717, 1.165) is 44.9 Å². The number of nitrogens with zero attached hydrogens (tertiary/aromatic N) is 1. The van der Waals surface area contributed by atoms with Gasteiger partial charge in [-0.25, -0.2) is 0 Å². The van der Waals surface area contributed by atoms with Crippen LogP contribution in [-0.2, 0) is 4.79 Å². The van der Waals surface area contributed by atoms with Gasteiger partial charge < -0.3 is 9.69 Å². The summed E-state index contributed by atoms with van der Waals surface area (Å²) >= 11 is 0. The fourth-order valence-corrected chi connectivity index (χ4v) is 4.65. The van der Waals surface area contributed by atoms with Crippen LogP contribution in [0.5, 0.6) is 0 Å². The fraction of sp³-hybridized carbons (Fsp3) is 0.710. The van der Waals surface area contributed by atoms with Crippen molar-refractivity contribution in [3.8, 4) is 0 Å². The molecule has 2 nitrogen and oxygen atoms in total. The second-order valence-corrected chi connectivity index (χ2v) is 9.95. The minimum Gasteiger partial charge on any atom is -0.303 e. The van der Waals surface area contributed by atoms with Gasteiger partial charge in [-0.1, -0.05) is 81.7 Å². The van der Waals surface area contributed by atoms with Crippen LogP contribution in [0.3, 0.4) is 0 Å². The lowest BCUT2D eigenvalue weighted by Gasteiger charge is -2.36. The smallest absolute Gasteiger partial charge is 0.119 e. The van der Waals surface area contributed by atoms with Gasteiger partial charge in [-0.15, -0.1) is 0 Å². The number of rotatable bonds is 22. The van der Waals surface area contributed by atoms with Gasteiger partial charge in [0.2, 0.25) is 0 Å². The molecule has 0 aliphatic carbocycles. The van der Waals surface area contributed by atoms with Crippen molar-refractivity contribution in [2.24, 2.45) is 5.92 Å². The van der Waals surface area contributed by atoms with Crippen molar-refractivity contribution in [1.29, 1.82) is 0 Å². The number of aldehydes is 1. The minimum absolute atomic E-state index is 0.621. The quantitative estimate of drug-likeness (QED) is 0.0698. The molecule has 0 N–H and O–H groups in total. The van der Waals surface area contributed by atoms with Gasteiger partial charge in [-0.05, 0) is 97.1 Å². The normalized spacial score (nSPS) is 14.1. The molecule has 0 heterocycles. The molecule has 0 aliphatic heterocycles. The third-order valence-corrected chi connectivity index (χ3v) is 6.59. The number of allylic oxidation sites excluding steroid dienone is 6. The zero-order chi connectivity index (χ0) is 24.9. The maximum Gasteiger partial charge on any atom is 0.119 e. The lowest BCUT2D eigenvalue weighted by atomic mass is 9.91. The number of hydrogen-bond donors (Lipinski definition) is 0. The molecule has 0 amide bonds. The molecule has 33 heavy (non-hydrogen) atoms. The molecule has 0 aliphatic rings. The Labute approximate surface area is 207 Å². The van der Waals surface area contributed by atoms with E-state index in [1.807, 2.05) is 0 Å². The third-order valence-electron chi connectivity index (χ3n) is 6.59. The van der Waals surface area contributed by atoms with Crippen LogP contribution in [-0.4, -0.2) is 30.3 Å². The van der Waals surface area contributed by atoms with Gasteiger partial charge in [-0.2, -0.15) is 0 Å². The van der Waals surface area contributed by atoms with Gasteiger partial charge in [0.15, 0.2) is 0 Å². The maximum atomic E-state index is 10.8. The first-order valence-corrected chi connectivity index (χ1v) is 13.7. The van der Waals surface area contributed by atoms with Gasteiger partial charge in [0.25, 0.3) is 0 Å². The second kappa shape index (κ2) is 21.1. The summed E-state index contributed by atoms with van der Waals surface area (Å²) in [6.45, 7) is 22.0. The Morgan fingerprint density at radius 2 is 1.64 bits per heavy atom. The number of carbonyl (C=O) groups is 1. The summed E-state index contributed by atoms with van der Waals surface area (Å²) in [5, 5.41) is 0. The van der Waals surface area contributed by atoms with E-state index in [9.17, 15) is 4.79 Å². The summed E-state index contributed by atoms with van der Waals surface area (Å²) in [6.07, 6.45) is 22.4. The maximum absolute atomic E-state index is 10.8. The summed E-state index contributed by atoms with van der Waals surface area (Å²) in [4.78, 5) is 13.5. The fourth-order valence-electron chi connectivity index (χ4n) is 4.65. The third kappa shape index (κ3) is 16.8. The van der Waals surface area contributed by atoms with Crippen LogP contribution in [0.2, 0.25) is 0 Å². The monoisotopic (exact) mass is 457 g/mol. The van der Waals surface area contributed by atoms with E-state index in [4.69, 9.17) is 0 Å². The predicted octanol–water partition coefficient (Wildman–Crippen LogP) is 9.24. The standard InChI is InChI=1S/C31H55NO/c1-8-11-12-13-15-22-32(23-16-14-17-24-33)31(29(7)10-3)21-18-20-28(6)26-30(19-9-2)25-27(4)5/h8,11,24,26,29,31H,4,6,9-10,12-23,25H2,1-3,5,7H3/b11-8-,30-26+/t29?,31-/m0/s1. The first-order chi connectivity index (χ1) is 15.9. The Morgan fingerprint density at radius 3 is 2.18 bits per heavy atom. The summed E-state index contributed by atoms with van der Waals surface area (Å²) in [6, 6.07) is 0.621. The Kier molecular flexibility index (Phi) is 20.2. The molecule has 0 fully saturated rings. The summed E-state index contributed by atoms with van der Waals surface area (Å²) in [5.41, 5.74) is 3.98. The van der Waals surface area contributed by atoms with E-state index >= 15 is 0 Å².